The second-order valence-electron chi connectivity index (χ2n) is 7.29. The molecule has 0 bridgehead atoms. The number of halogens is 1. The fraction of sp³-hybridized carbons (Fsp3) is 0.381. The van der Waals surface area contributed by atoms with E-state index < -0.39 is 9.84 Å². The van der Waals surface area contributed by atoms with Crippen molar-refractivity contribution in [2.45, 2.75) is 18.7 Å². The minimum absolute atomic E-state index is 0.121. The minimum atomic E-state index is -3.40. The molecule has 1 amide bonds. The van der Waals surface area contributed by atoms with Gasteiger partial charge in [-0.1, -0.05) is 24.6 Å². The summed E-state index contributed by atoms with van der Waals surface area (Å²) in [5, 5.41) is 3.46. The zero-order chi connectivity index (χ0) is 21.2. The predicted octanol–water partition coefficient (Wildman–Crippen LogP) is 3.45. The molecule has 0 aromatic heterocycles. The second-order valence-corrected chi connectivity index (χ2v) is 9.74. The summed E-state index contributed by atoms with van der Waals surface area (Å²) in [6.07, 6.45) is 1.13. The van der Waals surface area contributed by atoms with Gasteiger partial charge in [-0.2, -0.15) is 0 Å². The summed E-state index contributed by atoms with van der Waals surface area (Å²) in [4.78, 5) is 17.7. The monoisotopic (exact) mass is 435 g/mol. The second kappa shape index (κ2) is 8.73. The fourth-order valence-electron chi connectivity index (χ4n) is 3.46. The number of carbonyl (C=O) groups excluding carboxylic acids is 1. The molecule has 8 heteroatoms. The van der Waals surface area contributed by atoms with Crippen molar-refractivity contribution in [3.05, 3.63) is 52.5 Å². The normalized spacial score (nSPS) is 15.4. The fourth-order valence-corrected chi connectivity index (χ4v) is 4.27. The molecule has 1 aliphatic rings. The van der Waals surface area contributed by atoms with E-state index in [9.17, 15) is 13.2 Å². The van der Waals surface area contributed by atoms with Gasteiger partial charge in [-0.3, -0.25) is 4.79 Å². The Morgan fingerprint density at radius 2 is 1.79 bits per heavy atom. The maximum atomic E-state index is 13.0. The van der Waals surface area contributed by atoms with Crippen molar-refractivity contribution in [1.29, 1.82) is 0 Å². The molecule has 1 saturated heterocycles. The van der Waals surface area contributed by atoms with Gasteiger partial charge in [0.25, 0.3) is 5.91 Å². The van der Waals surface area contributed by atoms with Crippen LogP contribution in [-0.2, 0) is 9.84 Å². The largest absolute Gasteiger partial charge is 0.367 e. The maximum Gasteiger partial charge on any atom is 0.256 e. The van der Waals surface area contributed by atoms with Crippen LogP contribution in [0.2, 0.25) is 5.02 Å². The van der Waals surface area contributed by atoms with E-state index in [4.69, 9.17) is 11.6 Å². The van der Waals surface area contributed by atoms with Crippen LogP contribution in [0.1, 0.15) is 22.8 Å². The van der Waals surface area contributed by atoms with Crippen LogP contribution in [0.25, 0.3) is 0 Å². The number of benzene rings is 2. The van der Waals surface area contributed by atoms with Gasteiger partial charge in [0.2, 0.25) is 0 Å². The topological polar surface area (TPSA) is 69.7 Å². The van der Waals surface area contributed by atoms with Gasteiger partial charge in [0.15, 0.2) is 9.84 Å². The van der Waals surface area contributed by atoms with Crippen LogP contribution in [0.4, 0.5) is 11.4 Å². The van der Waals surface area contributed by atoms with Crippen molar-refractivity contribution in [2.75, 3.05) is 49.2 Å². The number of carbonyl (C=O) groups is 1. The first-order valence-corrected chi connectivity index (χ1v) is 11.8. The number of anilines is 2. The number of sulfone groups is 1. The van der Waals surface area contributed by atoms with Crippen molar-refractivity contribution < 1.29 is 13.2 Å². The molecular weight excluding hydrogens is 410 g/mol. The highest BCUT2D eigenvalue weighted by Crippen LogP contribution is 2.31. The van der Waals surface area contributed by atoms with Gasteiger partial charge in [0.05, 0.1) is 16.3 Å². The molecule has 1 aliphatic heterocycles. The average molecular weight is 436 g/mol. The van der Waals surface area contributed by atoms with Gasteiger partial charge < -0.3 is 15.1 Å². The van der Waals surface area contributed by atoms with E-state index in [1.165, 1.54) is 12.1 Å². The predicted molar refractivity (Wildman–Crippen MR) is 118 cm³/mol. The summed E-state index contributed by atoms with van der Waals surface area (Å²) in [6.45, 7) is 8.60. The number of likely N-dealkylation sites (N-methyl/N-ethyl adjacent to an activating group) is 1. The Kier molecular flexibility index (Phi) is 6.51. The number of hydrogen-bond donors (Lipinski definition) is 1. The number of hydrogen-bond acceptors (Lipinski definition) is 5. The van der Waals surface area contributed by atoms with Crippen molar-refractivity contribution in [3.63, 3.8) is 0 Å². The van der Waals surface area contributed by atoms with E-state index in [0.717, 1.165) is 44.7 Å². The highest BCUT2D eigenvalue weighted by Gasteiger charge is 2.21. The van der Waals surface area contributed by atoms with Crippen molar-refractivity contribution >= 4 is 38.7 Å². The summed E-state index contributed by atoms with van der Waals surface area (Å²) in [5.74, 6) is -0.358. The van der Waals surface area contributed by atoms with Crippen LogP contribution in [0, 0.1) is 6.92 Å². The standard InChI is InChI=1S/C21H26ClN3O3S/c1-4-24-9-11-25(12-10-24)20-8-6-16(22)13-19(20)23-21(26)18-14-17(29(3,27)28)7-5-15(18)2/h5-8,13-14H,4,9-12H2,1-3H3,(H,23,26). The van der Waals surface area contributed by atoms with Crippen molar-refractivity contribution in [2.24, 2.45) is 0 Å². The lowest BCUT2D eigenvalue weighted by molar-refractivity contribution is 0.102. The number of aryl methyl sites for hydroxylation is 1. The summed E-state index contributed by atoms with van der Waals surface area (Å²) >= 11 is 6.19. The smallest absolute Gasteiger partial charge is 0.256 e. The number of rotatable bonds is 5. The molecule has 6 nitrogen and oxygen atoms in total. The van der Waals surface area contributed by atoms with E-state index in [-0.39, 0.29) is 10.8 Å². The Morgan fingerprint density at radius 3 is 2.41 bits per heavy atom. The molecule has 1 N–H and O–H groups in total. The van der Waals surface area contributed by atoms with Crippen molar-refractivity contribution in [3.8, 4) is 0 Å². The Bertz CT molecular complexity index is 1020. The Morgan fingerprint density at radius 1 is 1.10 bits per heavy atom. The third kappa shape index (κ3) is 5.10. The summed E-state index contributed by atoms with van der Waals surface area (Å²) in [5.41, 5.74) is 2.57. The molecule has 1 heterocycles. The minimum Gasteiger partial charge on any atom is -0.367 e. The zero-order valence-corrected chi connectivity index (χ0v) is 18.5. The molecule has 2 aromatic rings. The molecule has 1 fully saturated rings. The molecule has 29 heavy (non-hydrogen) atoms. The SMILES string of the molecule is CCN1CCN(c2ccc(Cl)cc2NC(=O)c2cc(S(C)(=O)=O)ccc2C)CC1. The van der Waals surface area contributed by atoms with Gasteiger partial charge in [-0.15, -0.1) is 0 Å². The molecule has 0 spiro atoms. The maximum absolute atomic E-state index is 13.0. The van der Waals surface area contributed by atoms with Gasteiger partial charge in [0.1, 0.15) is 0 Å². The van der Waals surface area contributed by atoms with Crippen molar-refractivity contribution in [1.82, 2.24) is 4.90 Å². The molecule has 0 saturated carbocycles. The quantitative estimate of drug-likeness (QED) is 0.778. The molecule has 0 atom stereocenters. The molecule has 156 valence electrons. The lowest BCUT2D eigenvalue weighted by Crippen LogP contribution is -2.46. The summed E-state index contributed by atoms with van der Waals surface area (Å²) in [7, 11) is -3.40. The highest BCUT2D eigenvalue weighted by atomic mass is 35.5. The molecule has 0 aliphatic carbocycles. The van der Waals surface area contributed by atoms with Crippen LogP contribution in [0.3, 0.4) is 0 Å². The van der Waals surface area contributed by atoms with E-state index in [1.807, 2.05) is 12.1 Å². The van der Waals surface area contributed by atoms with Crippen LogP contribution < -0.4 is 10.2 Å². The molecular formula is C21H26ClN3O3S. The lowest BCUT2D eigenvalue weighted by atomic mass is 10.1. The van der Waals surface area contributed by atoms with E-state index in [1.54, 1.807) is 19.1 Å². The third-order valence-corrected chi connectivity index (χ3v) is 6.59. The van der Waals surface area contributed by atoms with E-state index >= 15 is 0 Å². The number of piperazine rings is 1. The first kappa shape index (κ1) is 21.6. The Hall–Kier alpha value is -2.09. The zero-order valence-electron chi connectivity index (χ0n) is 16.9. The molecule has 0 unspecified atom stereocenters. The average Bonchev–Trinajstić information content (AvgIpc) is 2.67. The van der Waals surface area contributed by atoms with Crippen LogP contribution >= 0.6 is 11.6 Å². The third-order valence-electron chi connectivity index (χ3n) is 5.25. The number of amides is 1. The Balaban J connectivity index is 1.89. The van der Waals surface area contributed by atoms with Crippen LogP contribution in [0.5, 0.6) is 0 Å². The highest BCUT2D eigenvalue weighted by molar-refractivity contribution is 7.90. The first-order chi connectivity index (χ1) is 13.7. The van der Waals surface area contributed by atoms with E-state index in [0.29, 0.717) is 21.8 Å². The number of nitrogens with one attached hydrogen (secondary N) is 1. The van der Waals surface area contributed by atoms with Gasteiger partial charge in [-0.05, 0) is 49.4 Å². The summed E-state index contributed by atoms with van der Waals surface area (Å²) < 4.78 is 23.7. The van der Waals surface area contributed by atoms with Gasteiger partial charge in [0, 0.05) is 43.0 Å². The summed E-state index contributed by atoms with van der Waals surface area (Å²) in [6, 6.07) is 10.0. The lowest BCUT2D eigenvalue weighted by Gasteiger charge is -2.36. The van der Waals surface area contributed by atoms with Gasteiger partial charge >= 0.3 is 0 Å². The van der Waals surface area contributed by atoms with Crippen LogP contribution in [-0.4, -0.2) is 58.2 Å². The Labute approximate surface area is 177 Å². The van der Waals surface area contributed by atoms with Crippen LogP contribution in [0.15, 0.2) is 41.3 Å². The number of nitrogens with zero attached hydrogens (tertiary/aromatic N) is 2. The molecule has 2 aromatic carbocycles. The van der Waals surface area contributed by atoms with Gasteiger partial charge in [-0.25, -0.2) is 8.42 Å². The molecule has 0 radical (unpaired) electrons. The molecule has 3 rings (SSSR count). The first-order valence-electron chi connectivity index (χ1n) is 9.58. The van der Waals surface area contributed by atoms with E-state index in [2.05, 4.69) is 22.0 Å².